The van der Waals surface area contributed by atoms with Crippen LogP contribution in [0.4, 0.5) is 0 Å². The van der Waals surface area contributed by atoms with Gasteiger partial charge in [0, 0.05) is 6.42 Å². The maximum absolute atomic E-state index is 11.0. The highest BCUT2D eigenvalue weighted by Crippen LogP contribution is 2.15. The van der Waals surface area contributed by atoms with Crippen molar-refractivity contribution >= 4 is 5.97 Å². The minimum absolute atomic E-state index is 0.152. The third-order valence-electron chi connectivity index (χ3n) is 2.80. The van der Waals surface area contributed by atoms with Crippen LogP contribution in [0, 0.1) is 13.8 Å². The summed E-state index contributed by atoms with van der Waals surface area (Å²) in [5.41, 5.74) is 1.94. The number of hydrogen-bond donors (Lipinski definition) is 2. The number of carbonyl (C=O) groups is 1. The highest BCUT2D eigenvalue weighted by molar-refractivity contribution is 5.89. The molecule has 0 atom stereocenters. The molecule has 0 fully saturated rings. The van der Waals surface area contributed by atoms with Crippen LogP contribution in [0.3, 0.4) is 0 Å². The average molecular weight is 258 g/mol. The number of benzene rings is 1. The average Bonchev–Trinajstić information content (AvgIpc) is 2.27. The third kappa shape index (κ3) is 2.88. The molecule has 0 spiro atoms. The topological polar surface area (TPSA) is 83.3 Å². The van der Waals surface area contributed by atoms with Crippen molar-refractivity contribution in [2.24, 2.45) is 0 Å². The summed E-state index contributed by atoms with van der Waals surface area (Å²) in [4.78, 5) is 19.5. The van der Waals surface area contributed by atoms with E-state index < -0.39 is 5.97 Å². The minimum Gasteiger partial charge on any atom is -0.508 e. The van der Waals surface area contributed by atoms with Crippen molar-refractivity contribution in [3.8, 4) is 5.75 Å². The lowest BCUT2D eigenvalue weighted by atomic mass is 10.1. The fourth-order valence-electron chi connectivity index (χ4n) is 2.02. The standard InChI is InChI=1S/C14H14N2O3/c1-8-13(14(18)19)9(2)16-12(15-8)7-10-4-3-5-11(17)6-10/h3-6,17H,7H2,1-2H3,(H,18,19). The molecular formula is C14H14N2O3. The molecule has 5 heteroatoms. The van der Waals surface area contributed by atoms with Gasteiger partial charge in [0.25, 0.3) is 0 Å². The molecule has 2 rings (SSSR count). The van der Waals surface area contributed by atoms with E-state index in [-0.39, 0.29) is 11.3 Å². The van der Waals surface area contributed by atoms with E-state index in [1.165, 1.54) is 0 Å². The van der Waals surface area contributed by atoms with Crippen molar-refractivity contribution in [2.75, 3.05) is 0 Å². The lowest BCUT2D eigenvalue weighted by Crippen LogP contribution is -2.10. The summed E-state index contributed by atoms with van der Waals surface area (Å²) in [6, 6.07) is 6.84. The Kier molecular flexibility index (Phi) is 3.46. The molecule has 1 aromatic carbocycles. The normalized spacial score (nSPS) is 10.4. The first-order valence-corrected chi connectivity index (χ1v) is 5.82. The van der Waals surface area contributed by atoms with Crippen LogP contribution in [0.1, 0.15) is 33.1 Å². The molecule has 5 nitrogen and oxygen atoms in total. The van der Waals surface area contributed by atoms with Crippen molar-refractivity contribution in [2.45, 2.75) is 20.3 Å². The summed E-state index contributed by atoms with van der Waals surface area (Å²) >= 11 is 0. The van der Waals surface area contributed by atoms with Crippen molar-refractivity contribution < 1.29 is 15.0 Å². The van der Waals surface area contributed by atoms with Crippen molar-refractivity contribution in [3.05, 3.63) is 52.6 Å². The molecule has 0 aliphatic heterocycles. The van der Waals surface area contributed by atoms with E-state index in [9.17, 15) is 9.90 Å². The fourth-order valence-corrected chi connectivity index (χ4v) is 2.02. The number of carboxylic acids is 1. The number of aromatic hydroxyl groups is 1. The Balaban J connectivity index is 2.35. The van der Waals surface area contributed by atoms with Crippen LogP contribution >= 0.6 is 0 Å². The number of aromatic carboxylic acids is 1. The minimum atomic E-state index is -1.01. The van der Waals surface area contributed by atoms with Crippen molar-refractivity contribution in [3.63, 3.8) is 0 Å². The first-order valence-electron chi connectivity index (χ1n) is 5.82. The zero-order valence-electron chi connectivity index (χ0n) is 10.7. The largest absolute Gasteiger partial charge is 0.508 e. The Bertz CT molecular complexity index is 615. The predicted octanol–water partition coefficient (Wildman–Crippen LogP) is 2.09. The van der Waals surface area contributed by atoms with Crippen LogP contribution in [0.15, 0.2) is 24.3 Å². The molecule has 2 aromatic rings. The van der Waals surface area contributed by atoms with Crippen LogP contribution in [-0.4, -0.2) is 26.2 Å². The van der Waals surface area contributed by atoms with E-state index in [0.717, 1.165) is 5.56 Å². The summed E-state index contributed by atoms with van der Waals surface area (Å²) in [5.74, 6) is -0.280. The Morgan fingerprint density at radius 1 is 1.21 bits per heavy atom. The van der Waals surface area contributed by atoms with E-state index in [4.69, 9.17) is 5.11 Å². The van der Waals surface area contributed by atoms with E-state index >= 15 is 0 Å². The summed E-state index contributed by atoms with van der Waals surface area (Å²) in [7, 11) is 0. The van der Waals surface area contributed by atoms with Crippen molar-refractivity contribution in [1.29, 1.82) is 0 Å². The second kappa shape index (κ2) is 5.06. The molecular weight excluding hydrogens is 244 g/mol. The van der Waals surface area contributed by atoms with Gasteiger partial charge in [0.1, 0.15) is 17.1 Å². The zero-order valence-corrected chi connectivity index (χ0v) is 10.7. The molecule has 1 heterocycles. The summed E-state index contributed by atoms with van der Waals surface area (Å²) < 4.78 is 0. The Labute approximate surface area is 110 Å². The molecule has 2 N–H and O–H groups in total. The molecule has 0 unspecified atom stereocenters. The first kappa shape index (κ1) is 13.0. The number of phenolic OH excluding ortho intramolecular Hbond substituents is 1. The second-order valence-corrected chi connectivity index (χ2v) is 4.34. The van der Waals surface area contributed by atoms with Gasteiger partial charge in [-0.1, -0.05) is 12.1 Å². The number of phenols is 1. The SMILES string of the molecule is Cc1nc(Cc2cccc(O)c2)nc(C)c1C(=O)O. The molecule has 0 radical (unpaired) electrons. The number of aryl methyl sites for hydroxylation is 2. The zero-order chi connectivity index (χ0) is 14.0. The van der Waals surface area contributed by atoms with Crippen LogP contribution in [-0.2, 0) is 6.42 Å². The predicted molar refractivity (Wildman–Crippen MR) is 69.4 cm³/mol. The van der Waals surface area contributed by atoms with Crippen LogP contribution in [0.25, 0.3) is 0 Å². The van der Waals surface area contributed by atoms with Gasteiger partial charge in [-0.05, 0) is 31.5 Å². The van der Waals surface area contributed by atoms with Gasteiger partial charge in [-0.15, -0.1) is 0 Å². The molecule has 0 saturated carbocycles. The number of carboxylic acid groups (broad SMARTS) is 1. The fraction of sp³-hybridized carbons (Fsp3) is 0.214. The molecule has 98 valence electrons. The summed E-state index contributed by atoms with van der Waals surface area (Å²) in [6.07, 6.45) is 0.454. The van der Waals surface area contributed by atoms with Gasteiger partial charge in [0.2, 0.25) is 0 Å². The molecule has 0 amide bonds. The third-order valence-corrected chi connectivity index (χ3v) is 2.80. The molecule has 0 aliphatic carbocycles. The van der Waals surface area contributed by atoms with E-state index in [1.54, 1.807) is 32.0 Å². The number of hydrogen-bond acceptors (Lipinski definition) is 4. The summed E-state index contributed by atoms with van der Waals surface area (Å²) in [6.45, 7) is 3.31. The highest BCUT2D eigenvalue weighted by atomic mass is 16.4. The van der Waals surface area contributed by atoms with Gasteiger partial charge in [-0.25, -0.2) is 14.8 Å². The molecule has 0 bridgehead atoms. The molecule has 0 saturated heterocycles. The van der Waals surface area contributed by atoms with E-state index in [1.807, 2.05) is 6.07 Å². The lowest BCUT2D eigenvalue weighted by molar-refractivity contribution is 0.0694. The van der Waals surface area contributed by atoms with Gasteiger partial charge in [-0.2, -0.15) is 0 Å². The van der Waals surface area contributed by atoms with Crippen LogP contribution < -0.4 is 0 Å². The van der Waals surface area contributed by atoms with Gasteiger partial charge >= 0.3 is 5.97 Å². The quantitative estimate of drug-likeness (QED) is 0.880. The van der Waals surface area contributed by atoms with Crippen molar-refractivity contribution in [1.82, 2.24) is 9.97 Å². The number of rotatable bonds is 3. The Morgan fingerprint density at radius 2 is 1.84 bits per heavy atom. The monoisotopic (exact) mass is 258 g/mol. The molecule has 1 aromatic heterocycles. The second-order valence-electron chi connectivity index (χ2n) is 4.34. The smallest absolute Gasteiger partial charge is 0.339 e. The summed E-state index contributed by atoms with van der Waals surface area (Å²) in [5, 5.41) is 18.4. The maximum atomic E-state index is 11.0. The molecule has 19 heavy (non-hydrogen) atoms. The Morgan fingerprint density at radius 3 is 2.37 bits per heavy atom. The maximum Gasteiger partial charge on any atom is 0.339 e. The van der Waals surface area contributed by atoms with Gasteiger partial charge in [0.05, 0.1) is 11.4 Å². The van der Waals surface area contributed by atoms with Gasteiger partial charge in [0.15, 0.2) is 0 Å². The van der Waals surface area contributed by atoms with E-state index in [2.05, 4.69) is 9.97 Å². The Hall–Kier alpha value is -2.43. The van der Waals surface area contributed by atoms with Crippen LogP contribution in [0.2, 0.25) is 0 Å². The number of nitrogens with zero attached hydrogens (tertiary/aromatic N) is 2. The first-order chi connectivity index (χ1) is 8.97. The molecule has 0 aliphatic rings. The lowest BCUT2D eigenvalue weighted by Gasteiger charge is -2.07. The number of aromatic nitrogens is 2. The van der Waals surface area contributed by atoms with Crippen LogP contribution in [0.5, 0.6) is 5.75 Å². The highest BCUT2D eigenvalue weighted by Gasteiger charge is 2.14. The van der Waals surface area contributed by atoms with Gasteiger partial charge < -0.3 is 10.2 Å². The van der Waals surface area contributed by atoms with Gasteiger partial charge in [-0.3, -0.25) is 0 Å². The van der Waals surface area contributed by atoms with E-state index in [0.29, 0.717) is 23.6 Å².